The number of para-hydroxylation sites is 2. The lowest BCUT2D eigenvalue weighted by Gasteiger charge is -2.15. The fraction of sp³-hybridized carbons (Fsp3) is 0.533. The van der Waals surface area contributed by atoms with Gasteiger partial charge in [0.2, 0.25) is 0 Å². The Morgan fingerprint density at radius 1 is 1.24 bits per heavy atom. The summed E-state index contributed by atoms with van der Waals surface area (Å²) in [6.07, 6.45) is 7.21. The first-order valence-electron chi connectivity index (χ1n) is 6.75. The number of nitrogens with zero attached hydrogens (tertiary/aromatic N) is 2. The summed E-state index contributed by atoms with van der Waals surface area (Å²) in [5, 5.41) is 0. The van der Waals surface area contributed by atoms with Gasteiger partial charge in [0.15, 0.2) is 0 Å². The molecular weight excluding hydrogens is 208 g/mol. The van der Waals surface area contributed by atoms with E-state index in [1.54, 1.807) is 0 Å². The van der Waals surface area contributed by atoms with Crippen LogP contribution in [-0.2, 0) is 6.54 Å². The van der Waals surface area contributed by atoms with Crippen molar-refractivity contribution in [3.8, 4) is 0 Å². The first-order chi connectivity index (χ1) is 8.35. The Hall–Kier alpha value is -1.31. The van der Waals surface area contributed by atoms with E-state index in [1.807, 2.05) is 12.4 Å². The van der Waals surface area contributed by atoms with Crippen LogP contribution in [0.25, 0.3) is 11.0 Å². The Labute approximate surface area is 104 Å². The van der Waals surface area contributed by atoms with Crippen LogP contribution in [0.4, 0.5) is 0 Å². The number of rotatable bonds is 6. The van der Waals surface area contributed by atoms with Crippen LogP contribution in [0.2, 0.25) is 0 Å². The van der Waals surface area contributed by atoms with E-state index >= 15 is 0 Å². The molecule has 0 radical (unpaired) electrons. The highest BCUT2D eigenvalue weighted by Crippen LogP contribution is 2.19. The van der Waals surface area contributed by atoms with Gasteiger partial charge in [-0.05, 0) is 24.5 Å². The number of hydrogen-bond donors (Lipinski definition) is 0. The molecule has 2 rings (SSSR count). The van der Waals surface area contributed by atoms with E-state index in [0.29, 0.717) is 0 Å². The zero-order valence-electron chi connectivity index (χ0n) is 10.9. The van der Waals surface area contributed by atoms with Gasteiger partial charge in [-0.15, -0.1) is 0 Å². The van der Waals surface area contributed by atoms with E-state index in [0.717, 1.165) is 18.0 Å². The summed E-state index contributed by atoms with van der Waals surface area (Å²) < 4.78 is 2.30. The number of imidazole rings is 1. The molecule has 0 saturated carbocycles. The molecule has 1 unspecified atom stereocenters. The monoisotopic (exact) mass is 230 g/mol. The molecule has 1 aromatic carbocycles. The fourth-order valence-electron chi connectivity index (χ4n) is 2.35. The molecule has 0 N–H and O–H groups in total. The molecule has 0 spiro atoms. The molecule has 0 aliphatic rings. The molecule has 0 amide bonds. The minimum atomic E-state index is 0.785. The maximum Gasteiger partial charge on any atom is 0.0958 e. The normalized spacial score (nSPS) is 13.1. The van der Waals surface area contributed by atoms with Crippen LogP contribution in [-0.4, -0.2) is 9.55 Å². The number of hydrogen-bond acceptors (Lipinski definition) is 1. The summed E-state index contributed by atoms with van der Waals surface area (Å²) in [6.45, 7) is 5.66. The maximum absolute atomic E-state index is 4.45. The molecule has 0 aliphatic heterocycles. The number of benzene rings is 1. The molecule has 1 atom stereocenters. The van der Waals surface area contributed by atoms with Crippen molar-refractivity contribution in [2.24, 2.45) is 5.92 Å². The summed E-state index contributed by atoms with van der Waals surface area (Å²) in [4.78, 5) is 4.45. The van der Waals surface area contributed by atoms with Gasteiger partial charge in [-0.25, -0.2) is 4.98 Å². The van der Waals surface area contributed by atoms with Gasteiger partial charge in [0, 0.05) is 6.54 Å². The predicted molar refractivity (Wildman–Crippen MR) is 73.0 cm³/mol. The summed E-state index contributed by atoms with van der Waals surface area (Å²) in [7, 11) is 0. The van der Waals surface area contributed by atoms with E-state index in [-0.39, 0.29) is 0 Å². The first-order valence-corrected chi connectivity index (χ1v) is 6.75. The van der Waals surface area contributed by atoms with Gasteiger partial charge in [0.05, 0.1) is 17.4 Å². The van der Waals surface area contributed by atoms with Crippen molar-refractivity contribution in [3.63, 3.8) is 0 Å². The number of fused-ring (bicyclic) bond motifs is 1. The molecule has 1 heterocycles. The number of aromatic nitrogens is 2. The standard InChI is InChI=1S/C15H22N2/c1-3-5-8-13(4-2)11-17-12-16-14-9-6-7-10-15(14)17/h6-7,9-10,12-13H,3-5,8,11H2,1-2H3. The fourth-order valence-corrected chi connectivity index (χ4v) is 2.35. The zero-order chi connectivity index (χ0) is 12.1. The lowest BCUT2D eigenvalue weighted by Crippen LogP contribution is -2.09. The molecule has 0 saturated heterocycles. The lowest BCUT2D eigenvalue weighted by molar-refractivity contribution is 0.395. The van der Waals surface area contributed by atoms with E-state index in [9.17, 15) is 0 Å². The zero-order valence-corrected chi connectivity index (χ0v) is 10.9. The molecule has 17 heavy (non-hydrogen) atoms. The Bertz CT molecular complexity index is 459. The molecule has 2 aromatic rings. The van der Waals surface area contributed by atoms with Crippen LogP contribution in [0.5, 0.6) is 0 Å². The van der Waals surface area contributed by atoms with Crippen molar-refractivity contribution in [3.05, 3.63) is 30.6 Å². The van der Waals surface area contributed by atoms with E-state index < -0.39 is 0 Å². The Balaban J connectivity index is 2.11. The van der Waals surface area contributed by atoms with Crippen molar-refractivity contribution in [1.29, 1.82) is 0 Å². The van der Waals surface area contributed by atoms with Crippen molar-refractivity contribution < 1.29 is 0 Å². The van der Waals surface area contributed by atoms with Gasteiger partial charge < -0.3 is 4.57 Å². The topological polar surface area (TPSA) is 17.8 Å². The second kappa shape index (κ2) is 5.85. The van der Waals surface area contributed by atoms with Gasteiger partial charge >= 0.3 is 0 Å². The van der Waals surface area contributed by atoms with Crippen molar-refractivity contribution in [2.75, 3.05) is 0 Å². The summed E-state index contributed by atoms with van der Waals surface area (Å²) in [6, 6.07) is 8.38. The molecule has 92 valence electrons. The van der Waals surface area contributed by atoms with Gasteiger partial charge in [0.25, 0.3) is 0 Å². The summed E-state index contributed by atoms with van der Waals surface area (Å²) in [5.41, 5.74) is 2.38. The van der Waals surface area contributed by atoms with Gasteiger partial charge in [-0.2, -0.15) is 0 Å². The Morgan fingerprint density at radius 2 is 2.06 bits per heavy atom. The third-order valence-electron chi connectivity index (χ3n) is 3.53. The molecule has 0 aliphatic carbocycles. The molecule has 0 fully saturated rings. The van der Waals surface area contributed by atoms with Crippen molar-refractivity contribution in [1.82, 2.24) is 9.55 Å². The van der Waals surface area contributed by atoms with Crippen LogP contribution in [0.3, 0.4) is 0 Å². The SMILES string of the molecule is CCCCC(CC)Cn1cnc2ccccc21. The summed E-state index contributed by atoms with van der Waals surface area (Å²) in [5.74, 6) is 0.785. The van der Waals surface area contributed by atoms with Gasteiger partial charge in [-0.3, -0.25) is 0 Å². The first kappa shape index (κ1) is 12.2. The highest BCUT2D eigenvalue weighted by atomic mass is 15.0. The van der Waals surface area contributed by atoms with Crippen molar-refractivity contribution in [2.45, 2.75) is 46.1 Å². The molecule has 0 bridgehead atoms. The third-order valence-corrected chi connectivity index (χ3v) is 3.53. The van der Waals surface area contributed by atoms with Gasteiger partial charge in [-0.1, -0.05) is 45.2 Å². The number of unbranched alkanes of at least 4 members (excludes halogenated alkanes) is 1. The maximum atomic E-state index is 4.45. The molecule has 1 aromatic heterocycles. The minimum absolute atomic E-state index is 0.785. The van der Waals surface area contributed by atoms with Crippen molar-refractivity contribution >= 4 is 11.0 Å². The van der Waals surface area contributed by atoms with Crippen LogP contribution in [0.1, 0.15) is 39.5 Å². The van der Waals surface area contributed by atoms with E-state index in [4.69, 9.17) is 0 Å². The Morgan fingerprint density at radius 3 is 2.82 bits per heavy atom. The predicted octanol–water partition coefficient (Wildman–Crippen LogP) is 4.25. The second-order valence-electron chi connectivity index (χ2n) is 4.80. The Kier molecular flexibility index (Phi) is 4.18. The minimum Gasteiger partial charge on any atom is -0.330 e. The van der Waals surface area contributed by atoms with Crippen LogP contribution < -0.4 is 0 Å². The third kappa shape index (κ3) is 2.87. The smallest absolute Gasteiger partial charge is 0.0958 e. The lowest BCUT2D eigenvalue weighted by atomic mass is 9.99. The van der Waals surface area contributed by atoms with Crippen LogP contribution in [0.15, 0.2) is 30.6 Å². The van der Waals surface area contributed by atoms with Gasteiger partial charge in [0.1, 0.15) is 0 Å². The van der Waals surface area contributed by atoms with Crippen LogP contribution >= 0.6 is 0 Å². The van der Waals surface area contributed by atoms with Crippen LogP contribution in [0, 0.1) is 5.92 Å². The van der Waals surface area contributed by atoms with E-state index in [1.165, 1.54) is 31.2 Å². The highest BCUT2D eigenvalue weighted by molar-refractivity contribution is 5.74. The molecular formula is C15H22N2. The molecule has 2 heteroatoms. The second-order valence-corrected chi connectivity index (χ2v) is 4.80. The largest absolute Gasteiger partial charge is 0.330 e. The highest BCUT2D eigenvalue weighted by Gasteiger charge is 2.09. The molecule has 2 nitrogen and oxygen atoms in total. The van der Waals surface area contributed by atoms with E-state index in [2.05, 4.69) is 41.6 Å². The summed E-state index contributed by atoms with van der Waals surface area (Å²) >= 11 is 0. The average molecular weight is 230 g/mol. The average Bonchev–Trinajstić information content (AvgIpc) is 2.78. The quantitative estimate of drug-likeness (QED) is 0.725.